The Kier molecular flexibility index (Phi) is 4.41. The zero-order valence-corrected chi connectivity index (χ0v) is 11.0. The van der Waals surface area contributed by atoms with Gasteiger partial charge in [-0.15, -0.1) is 0 Å². The van der Waals surface area contributed by atoms with Crippen LogP contribution in [0.25, 0.3) is 0 Å². The summed E-state index contributed by atoms with van der Waals surface area (Å²) in [4.78, 5) is 6.66. The first-order valence-corrected chi connectivity index (χ1v) is 6.70. The SMILES string of the molecule is CN1CCN(C2CCN(C#N)CC2)[C@@H](CC#N)C1. The second-order valence-corrected chi connectivity index (χ2v) is 5.33. The maximum absolute atomic E-state index is 8.95. The van der Waals surface area contributed by atoms with Crippen molar-refractivity contribution in [2.75, 3.05) is 39.8 Å². The van der Waals surface area contributed by atoms with Crippen molar-refractivity contribution in [2.24, 2.45) is 0 Å². The largest absolute Gasteiger partial charge is 0.311 e. The number of likely N-dealkylation sites (N-methyl/N-ethyl adjacent to an activating group) is 1. The van der Waals surface area contributed by atoms with Crippen molar-refractivity contribution in [1.82, 2.24) is 14.7 Å². The van der Waals surface area contributed by atoms with Gasteiger partial charge in [0.25, 0.3) is 0 Å². The molecule has 0 N–H and O–H groups in total. The number of hydrogen-bond acceptors (Lipinski definition) is 5. The molecule has 2 heterocycles. The van der Waals surface area contributed by atoms with Crippen LogP contribution in [0.4, 0.5) is 0 Å². The van der Waals surface area contributed by atoms with Crippen LogP contribution in [0.5, 0.6) is 0 Å². The van der Waals surface area contributed by atoms with Crippen molar-refractivity contribution >= 4 is 0 Å². The molecule has 98 valence electrons. The van der Waals surface area contributed by atoms with Crippen molar-refractivity contribution in [2.45, 2.75) is 31.3 Å². The molecule has 0 amide bonds. The third-order valence-corrected chi connectivity index (χ3v) is 4.13. The third-order valence-electron chi connectivity index (χ3n) is 4.13. The van der Waals surface area contributed by atoms with E-state index in [1.165, 1.54) is 0 Å². The molecular formula is C13H21N5. The number of nitriles is 2. The van der Waals surface area contributed by atoms with Crippen LogP contribution in [0.15, 0.2) is 0 Å². The summed E-state index contributed by atoms with van der Waals surface area (Å²) in [6.45, 7) is 4.87. The predicted molar refractivity (Wildman–Crippen MR) is 68.4 cm³/mol. The quantitative estimate of drug-likeness (QED) is 0.664. The van der Waals surface area contributed by atoms with E-state index in [4.69, 9.17) is 10.5 Å². The highest BCUT2D eigenvalue weighted by molar-refractivity contribution is 4.94. The lowest BCUT2D eigenvalue weighted by Gasteiger charge is -2.45. The molecule has 2 fully saturated rings. The van der Waals surface area contributed by atoms with E-state index in [0.717, 1.165) is 45.6 Å². The summed E-state index contributed by atoms with van der Waals surface area (Å²) >= 11 is 0. The van der Waals surface area contributed by atoms with Crippen LogP contribution < -0.4 is 0 Å². The summed E-state index contributed by atoms with van der Waals surface area (Å²) in [5.41, 5.74) is 0. The summed E-state index contributed by atoms with van der Waals surface area (Å²) in [5, 5.41) is 17.8. The van der Waals surface area contributed by atoms with Gasteiger partial charge in [-0.3, -0.25) is 4.90 Å². The van der Waals surface area contributed by atoms with Gasteiger partial charge in [0.05, 0.1) is 12.5 Å². The van der Waals surface area contributed by atoms with Gasteiger partial charge in [-0.25, -0.2) is 0 Å². The first-order valence-electron chi connectivity index (χ1n) is 6.70. The normalized spacial score (nSPS) is 27.7. The maximum Gasteiger partial charge on any atom is 0.179 e. The fourth-order valence-corrected chi connectivity index (χ4v) is 3.09. The molecule has 0 bridgehead atoms. The molecule has 0 aromatic heterocycles. The fraction of sp³-hybridized carbons (Fsp3) is 0.846. The van der Waals surface area contributed by atoms with Crippen LogP contribution in [-0.2, 0) is 0 Å². The zero-order chi connectivity index (χ0) is 13.0. The third kappa shape index (κ3) is 2.93. The molecule has 0 aromatic rings. The van der Waals surface area contributed by atoms with Gasteiger partial charge < -0.3 is 9.80 Å². The first kappa shape index (κ1) is 13.1. The van der Waals surface area contributed by atoms with Gasteiger partial charge in [-0.1, -0.05) is 0 Å². The van der Waals surface area contributed by atoms with Crippen LogP contribution in [-0.4, -0.2) is 66.6 Å². The lowest BCUT2D eigenvalue weighted by molar-refractivity contribution is 0.0320. The van der Waals surface area contributed by atoms with Crippen molar-refractivity contribution in [3.05, 3.63) is 0 Å². The standard InChI is InChI=1S/C13H21N5/c1-16-8-9-18(13(10-16)2-5-14)12-3-6-17(11-15)7-4-12/h12-13H,2-4,6-10H2,1H3/t13-/m0/s1. The van der Waals surface area contributed by atoms with Crippen molar-refractivity contribution in [1.29, 1.82) is 10.5 Å². The molecule has 0 aromatic carbocycles. The van der Waals surface area contributed by atoms with Crippen LogP contribution in [0, 0.1) is 22.8 Å². The number of hydrogen-bond donors (Lipinski definition) is 0. The highest BCUT2D eigenvalue weighted by Crippen LogP contribution is 2.22. The van der Waals surface area contributed by atoms with Gasteiger partial charge in [0.15, 0.2) is 6.19 Å². The predicted octanol–water partition coefficient (Wildman–Crippen LogP) is 0.462. The van der Waals surface area contributed by atoms with Gasteiger partial charge in [0.2, 0.25) is 0 Å². The van der Waals surface area contributed by atoms with Crippen molar-refractivity contribution < 1.29 is 0 Å². The molecule has 1 atom stereocenters. The maximum atomic E-state index is 8.95. The van der Waals surface area contributed by atoms with E-state index < -0.39 is 0 Å². The first-order chi connectivity index (χ1) is 8.74. The average molecular weight is 247 g/mol. The topological polar surface area (TPSA) is 57.3 Å². The van der Waals surface area contributed by atoms with Crippen molar-refractivity contribution in [3.8, 4) is 12.3 Å². The second-order valence-electron chi connectivity index (χ2n) is 5.33. The van der Waals surface area contributed by atoms with E-state index in [-0.39, 0.29) is 0 Å². The number of piperazine rings is 1. The summed E-state index contributed by atoms with van der Waals surface area (Å²) in [6, 6.07) is 3.24. The molecule has 0 saturated carbocycles. The Balaban J connectivity index is 1.94. The summed E-state index contributed by atoms with van der Waals surface area (Å²) in [5.74, 6) is 0. The van der Waals surface area contributed by atoms with E-state index in [0.29, 0.717) is 18.5 Å². The van der Waals surface area contributed by atoms with E-state index in [9.17, 15) is 0 Å². The fourth-order valence-electron chi connectivity index (χ4n) is 3.09. The van der Waals surface area contributed by atoms with Gasteiger partial charge in [0, 0.05) is 44.8 Å². The highest BCUT2D eigenvalue weighted by atomic mass is 15.3. The van der Waals surface area contributed by atoms with Gasteiger partial charge in [0.1, 0.15) is 0 Å². The molecule has 0 unspecified atom stereocenters. The molecule has 2 aliphatic heterocycles. The van der Waals surface area contributed by atoms with Crippen molar-refractivity contribution in [3.63, 3.8) is 0 Å². The van der Waals surface area contributed by atoms with E-state index in [1.54, 1.807) is 0 Å². The molecule has 0 spiro atoms. The monoisotopic (exact) mass is 247 g/mol. The van der Waals surface area contributed by atoms with Gasteiger partial charge in [-0.05, 0) is 19.9 Å². The number of piperidine rings is 1. The summed E-state index contributed by atoms with van der Waals surface area (Å²) in [7, 11) is 2.13. The molecule has 2 saturated heterocycles. The molecule has 0 aliphatic carbocycles. The minimum atomic E-state index is 0.368. The van der Waals surface area contributed by atoms with Crippen LogP contribution in [0.2, 0.25) is 0 Å². The zero-order valence-electron chi connectivity index (χ0n) is 11.0. The lowest BCUT2D eigenvalue weighted by atomic mass is 9.98. The van der Waals surface area contributed by atoms with E-state index >= 15 is 0 Å². The molecule has 18 heavy (non-hydrogen) atoms. The Bertz CT molecular complexity index is 347. The van der Waals surface area contributed by atoms with Crippen LogP contribution in [0.3, 0.4) is 0 Å². The Morgan fingerprint density at radius 1 is 1.11 bits per heavy atom. The summed E-state index contributed by atoms with van der Waals surface area (Å²) in [6.07, 6.45) is 4.95. The number of likely N-dealkylation sites (tertiary alicyclic amines) is 1. The second kappa shape index (κ2) is 6.04. The molecule has 5 nitrogen and oxygen atoms in total. The Hall–Kier alpha value is -1.30. The molecular weight excluding hydrogens is 226 g/mol. The van der Waals surface area contributed by atoms with Gasteiger partial charge >= 0.3 is 0 Å². The summed E-state index contributed by atoms with van der Waals surface area (Å²) < 4.78 is 0. The Morgan fingerprint density at radius 2 is 1.83 bits per heavy atom. The smallest absolute Gasteiger partial charge is 0.179 e. The number of nitrogens with zero attached hydrogens (tertiary/aromatic N) is 5. The minimum absolute atomic E-state index is 0.368. The Labute approximate surface area is 109 Å². The lowest BCUT2D eigenvalue weighted by Crippen LogP contribution is -2.57. The van der Waals surface area contributed by atoms with Crippen LogP contribution >= 0.6 is 0 Å². The molecule has 2 rings (SSSR count). The van der Waals surface area contributed by atoms with Crippen LogP contribution in [0.1, 0.15) is 19.3 Å². The highest BCUT2D eigenvalue weighted by Gasteiger charge is 2.32. The number of rotatable bonds is 2. The molecule has 5 heteroatoms. The Morgan fingerprint density at radius 3 is 2.44 bits per heavy atom. The molecule has 0 radical (unpaired) electrons. The molecule has 2 aliphatic rings. The average Bonchev–Trinajstić information content (AvgIpc) is 2.40. The minimum Gasteiger partial charge on any atom is -0.311 e. The van der Waals surface area contributed by atoms with E-state index in [2.05, 4.69) is 29.1 Å². The van der Waals surface area contributed by atoms with Gasteiger partial charge in [-0.2, -0.15) is 10.5 Å². The van der Waals surface area contributed by atoms with E-state index in [1.807, 2.05) is 4.90 Å².